The number of hydrogen-bond donors (Lipinski definition) is 3. The summed E-state index contributed by atoms with van der Waals surface area (Å²) in [5.74, 6) is 0.598. The highest BCUT2D eigenvalue weighted by atomic mass is 16.5. The van der Waals surface area contributed by atoms with Crippen LogP contribution in [0.25, 0.3) is 10.9 Å². The molecule has 4 aromatic rings. The lowest BCUT2D eigenvalue weighted by Crippen LogP contribution is -2.35. The summed E-state index contributed by atoms with van der Waals surface area (Å²) in [6.07, 6.45) is 3.64. The van der Waals surface area contributed by atoms with Gasteiger partial charge in [-0.05, 0) is 54.6 Å². The molecule has 35 heavy (non-hydrogen) atoms. The van der Waals surface area contributed by atoms with Crippen LogP contribution in [0.15, 0.2) is 71.7 Å². The summed E-state index contributed by atoms with van der Waals surface area (Å²) in [7, 11) is 1.55. The number of likely N-dealkylation sites (tertiary alicyclic amines) is 1. The van der Waals surface area contributed by atoms with Crippen LogP contribution < -0.4 is 16.0 Å². The molecule has 1 fully saturated rings. The van der Waals surface area contributed by atoms with Gasteiger partial charge in [0.05, 0.1) is 18.3 Å². The summed E-state index contributed by atoms with van der Waals surface area (Å²) in [5, 5.41) is 9.61. The number of aromatic amines is 1. The maximum Gasteiger partial charge on any atom is 0.251 e. The number of hydrogen-bond acceptors (Lipinski definition) is 6. The fraction of sp³-hybridized carbons (Fsp3) is 0.250. The van der Waals surface area contributed by atoms with Gasteiger partial charge in [0.25, 0.3) is 5.56 Å². The molecule has 5 rings (SSSR count). The fourth-order valence-electron chi connectivity index (χ4n) is 4.93. The summed E-state index contributed by atoms with van der Waals surface area (Å²) in [6, 6.07) is 19.5. The van der Waals surface area contributed by atoms with Crippen molar-refractivity contribution in [1.82, 2.24) is 14.9 Å². The molecular formula is C28H29N5O2. The van der Waals surface area contributed by atoms with Crippen LogP contribution in [0.5, 0.6) is 5.88 Å². The van der Waals surface area contributed by atoms with Crippen molar-refractivity contribution in [1.29, 1.82) is 5.41 Å². The molecule has 1 unspecified atom stereocenters. The van der Waals surface area contributed by atoms with Crippen molar-refractivity contribution in [3.05, 3.63) is 99.5 Å². The van der Waals surface area contributed by atoms with Crippen LogP contribution in [0.3, 0.4) is 0 Å². The number of piperidine rings is 1. The lowest BCUT2D eigenvalue weighted by atomic mass is 9.90. The molecule has 7 nitrogen and oxygen atoms in total. The number of aromatic nitrogens is 2. The van der Waals surface area contributed by atoms with Gasteiger partial charge in [0.1, 0.15) is 0 Å². The number of anilines is 1. The molecule has 178 valence electrons. The molecule has 0 saturated carbocycles. The maximum atomic E-state index is 13.0. The summed E-state index contributed by atoms with van der Waals surface area (Å²) in [6.45, 7) is 2.76. The highest BCUT2D eigenvalue weighted by molar-refractivity contribution is 6.15. The van der Waals surface area contributed by atoms with Crippen molar-refractivity contribution in [3.8, 4) is 5.88 Å². The monoisotopic (exact) mass is 467 g/mol. The molecule has 2 aromatic heterocycles. The van der Waals surface area contributed by atoms with E-state index < -0.39 is 0 Å². The van der Waals surface area contributed by atoms with Gasteiger partial charge in [-0.15, -0.1) is 0 Å². The van der Waals surface area contributed by atoms with E-state index in [2.05, 4.69) is 39.1 Å². The second-order valence-electron chi connectivity index (χ2n) is 9.10. The van der Waals surface area contributed by atoms with E-state index in [-0.39, 0.29) is 17.2 Å². The Labute approximate surface area is 204 Å². The SMILES string of the molecule is COc1cc(C(=N)c2cc3cc(C4CCCN(Cc5ccccc5)C4)c(=O)[nH]c3cc2N)ccn1. The third-order valence-electron chi connectivity index (χ3n) is 6.74. The summed E-state index contributed by atoms with van der Waals surface area (Å²) >= 11 is 0. The quantitative estimate of drug-likeness (QED) is 0.289. The van der Waals surface area contributed by atoms with Crippen molar-refractivity contribution in [3.63, 3.8) is 0 Å². The largest absolute Gasteiger partial charge is 0.481 e. The Bertz CT molecular complexity index is 1430. The second kappa shape index (κ2) is 9.72. The smallest absolute Gasteiger partial charge is 0.251 e. The number of rotatable bonds is 6. The number of pyridine rings is 2. The predicted octanol–water partition coefficient (Wildman–Crippen LogP) is 4.31. The van der Waals surface area contributed by atoms with Crippen LogP contribution in [0.1, 0.15) is 41.0 Å². The van der Waals surface area contributed by atoms with E-state index in [1.54, 1.807) is 31.5 Å². The van der Waals surface area contributed by atoms with Crippen LogP contribution in [0.4, 0.5) is 5.69 Å². The highest BCUT2D eigenvalue weighted by Gasteiger charge is 2.24. The molecule has 1 saturated heterocycles. The Kier molecular flexibility index (Phi) is 6.33. The molecule has 4 N–H and O–H groups in total. The predicted molar refractivity (Wildman–Crippen MR) is 139 cm³/mol. The Balaban J connectivity index is 1.45. The normalized spacial score (nSPS) is 16.3. The molecule has 0 bridgehead atoms. The van der Waals surface area contributed by atoms with Gasteiger partial charge in [-0.2, -0.15) is 0 Å². The fourth-order valence-corrected chi connectivity index (χ4v) is 4.93. The van der Waals surface area contributed by atoms with E-state index in [0.29, 0.717) is 28.2 Å². The molecule has 1 atom stereocenters. The van der Waals surface area contributed by atoms with E-state index >= 15 is 0 Å². The van der Waals surface area contributed by atoms with E-state index in [1.165, 1.54) is 5.56 Å². The Morgan fingerprint density at radius 1 is 1.20 bits per heavy atom. The van der Waals surface area contributed by atoms with Crippen LogP contribution in [0, 0.1) is 5.41 Å². The van der Waals surface area contributed by atoms with Gasteiger partial charge < -0.3 is 15.5 Å². The Hall–Kier alpha value is -3.97. The van der Waals surface area contributed by atoms with Gasteiger partial charge in [-0.25, -0.2) is 4.98 Å². The first-order valence-corrected chi connectivity index (χ1v) is 11.8. The third kappa shape index (κ3) is 4.81. The lowest BCUT2D eigenvalue weighted by molar-refractivity contribution is 0.199. The number of nitrogens with one attached hydrogen (secondary N) is 2. The topological polar surface area (TPSA) is 108 Å². The molecule has 3 heterocycles. The van der Waals surface area contributed by atoms with Gasteiger partial charge in [-0.1, -0.05) is 30.3 Å². The summed E-state index contributed by atoms with van der Waals surface area (Å²) < 4.78 is 5.20. The number of benzene rings is 2. The van der Waals surface area contributed by atoms with E-state index in [1.807, 2.05) is 18.2 Å². The van der Waals surface area contributed by atoms with Crippen molar-refractivity contribution in [2.24, 2.45) is 0 Å². The molecule has 2 aromatic carbocycles. The van der Waals surface area contributed by atoms with E-state index in [9.17, 15) is 4.79 Å². The molecule has 0 radical (unpaired) electrons. The number of fused-ring (bicyclic) bond motifs is 1. The number of H-pyrrole nitrogens is 1. The third-order valence-corrected chi connectivity index (χ3v) is 6.74. The molecule has 0 amide bonds. The lowest BCUT2D eigenvalue weighted by Gasteiger charge is -2.32. The first-order chi connectivity index (χ1) is 17.0. The van der Waals surface area contributed by atoms with Crippen molar-refractivity contribution < 1.29 is 4.74 Å². The minimum absolute atomic E-state index is 0.0647. The highest BCUT2D eigenvalue weighted by Crippen LogP contribution is 2.29. The number of nitrogen functional groups attached to an aromatic ring is 1. The number of ether oxygens (including phenoxy) is 1. The average Bonchev–Trinajstić information content (AvgIpc) is 2.88. The zero-order valence-electron chi connectivity index (χ0n) is 19.8. The summed E-state index contributed by atoms with van der Waals surface area (Å²) in [5.41, 5.74) is 11.0. The van der Waals surface area contributed by atoms with Gasteiger partial charge in [0.15, 0.2) is 0 Å². The number of nitrogens with two attached hydrogens (primary N) is 1. The Morgan fingerprint density at radius 3 is 2.83 bits per heavy atom. The van der Waals surface area contributed by atoms with Gasteiger partial charge in [0, 0.05) is 53.6 Å². The second-order valence-corrected chi connectivity index (χ2v) is 9.10. The van der Waals surface area contributed by atoms with Crippen LogP contribution in [0.2, 0.25) is 0 Å². The minimum Gasteiger partial charge on any atom is -0.481 e. The zero-order valence-corrected chi connectivity index (χ0v) is 19.8. The summed E-state index contributed by atoms with van der Waals surface area (Å²) in [4.78, 5) is 22.6. The van der Waals surface area contributed by atoms with Gasteiger partial charge in [-0.3, -0.25) is 15.1 Å². The van der Waals surface area contributed by atoms with Gasteiger partial charge in [0.2, 0.25) is 5.88 Å². The van der Waals surface area contributed by atoms with E-state index in [4.69, 9.17) is 15.9 Å². The van der Waals surface area contributed by atoms with Crippen molar-refractivity contribution in [2.45, 2.75) is 25.3 Å². The van der Waals surface area contributed by atoms with Crippen LogP contribution >= 0.6 is 0 Å². The number of nitrogens with zero attached hydrogens (tertiary/aromatic N) is 2. The molecule has 0 aliphatic carbocycles. The number of methoxy groups -OCH3 is 1. The van der Waals surface area contributed by atoms with Crippen molar-refractivity contribution >= 4 is 22.3 Å². The first kappa shape index (κ1) is 22.8. The standard InChI is InChI=1S/C28H29N5O2/c1-35-26-14-19(9-10-31-26)27(30)23-13-21-12-22(28(34)32-25(21)15-24(23)29)20-8-5-11-33(17-20)16-18-6-3-2-4-7-18/h2-4,6-7,9-10,12-15,20,30H,5,8,11,16-17,29H2,1H3,(H,32,34). The molecule has 0 spiro atoms. The van der Waals surface area contributed by atoms with Crippen molar-refractivity contribution in [2.75, 3.05) is 25.9 Å². The maximum absolute atomic E-state index is 13.0. The van der Waals surface area contributed by atoms with Crippen LogP contribution in [-0.2, 0) is 6.54 Å². The molecule has 1 aliphatic heterocycles. The average molecular weight is 468 g/mol. The minimum atomic E-state index is -0.0647. The molecule has 1 aliphatic rings. The Morgan fingerprint density at radius 2 is 2.03 bits per heavy atom. The first-order valence-electron chi connectivity index (χ1n) is 11.8. The zero-order chi connectivity index (χ0) is 24.4. The molecular weight excluding hydrogens is 438 g/mol. The molecule has 7 heteroatoms. The van der Waals surface area contributed by atoms with E-state index in [0.717, 1.165) is 43.4 Å². The van der Waals surface area contributed by atoms with Gasteiger partial charge >= 0.3 is 0 Å². The van der Waals surface area contributed by atoms with Crippen LogP contribution in [-0.4, -0.2) is 40.8 Å².